The van der Waals surface area contributed by atoms with Gasteiger partial charge in [-0.25, -0.2) is 8.42 Å². The lowest BCUT2D eigenvalue weighted by Crippen LogP contribution is -2.18. The first-order chi connectivity index (χ1) is 9.46. The molecular weight excluding hydrogens is 276 g/mol. The van der Waals surface area contributed by atoms with Gasteiger partial charge in [0.05, 0.1) is 11.4 Å². The normalized spacial score (nSPS) is 11.2. The molecule has 0 aliphatic carbocycles. The zero-order valence-corrected chi connectivity index (χ0v) is 11.9. The van der Waals surface area contributed by atoms with Crippen molar-refractivity contribution in [2.75, 3.05) is 10.5 Å². The SMILES string of the molecule is Cc1cc(O)ccc1NS(=O)(=O)CCc1ccncc1. The fourth-order valence-corrected chi connectivity index (χ4v) is 2.95. The molecule has 2 aromatic rings. The van der Waals surface area contributed by atoms with Crippen molar-refractivity contribution in [3.63, 3.8) is 0 Å². The summed E-state index contributed by atoms with van der Waals surface area (Å²) in [6.07, 6.45) is 3.70. The number of pyridine rings is 1. The second-order valence-corrected chi connectivity index (χ2v) is 6.37. The van der Waals surface area contributed by atoms with Gasteiger partial charge in [-0.1, -0.05) is 0 Å². The molecule has 1 heterocycles. The highest BCUT2D eigenvalue weighted by atomic mass is 32.2. The van der Waals surface area contributed by atoms with Crippen LogP contribution in [0.4, 0.5) is 5.69 Å². The molecule has 0 saturated heterocycles. The molecule has 0 aliphatic heterocycles. The smallest absolute Gasteiger partial charge is 0.233 e. The molecule has 0 spiro atoms. The van der Waals surface area contributed by atoms with E-state index < -0.39 is 10.0 Å². The summed E-state index contributed by atoms with van der Waals surface area (Å²) in [6, 6.07) is 8.10. The minimum Gasteiger partial charge on any atom is -0.508 e. The Morgan fingerprint density at radius 1 is 1.20 bits per heavy atom. The molecule has 2 rings (SSSR count). The highest BCUT2D eigenvalue weighted by molar-refractivity contribution is 7.92. The second kappa shape index (κ2) is 5.92. The molecule has 0 unspecified atom stereocenters. The van der Waals surface area contributed by atoms with Crippen LogP contribution in [-0.2, 0) is 16.4 Å². The molecule has 0 saturated carbocycles. The van der Waals surface area contributed by atoms with Crippen LogP contribution < -0.4 is 4.72 Å². The number of hydrogen-bond donors (Lipinski definition) is 2. The summed E-state index contributed by atoms with van der Waals surface area (Å²) in [7, 11) is -3.42. The minimum absolute atomic E-state index is 0.00265. The Kier molecular flexibility index (Phi) is 4.24. The van der Waals surface area contributed by atoms with Gasteiger partial charge in [0, 0.05) is 12.4 Å². The van der Waals surface area contributed by atoms with E-state index in [1.54, 1.807) is 37.5 Å². The number of hydrogen-bond acceptors (Lipinski definition) is 4. The molecule has 0 aliphatic rings. The quantitative estimate of drug-likeness (QED) is 0.827. The minimum atomic E-state index is -3.42. The maximum Gasteiger partial charge on any atom is 0.233 e. The summed E-state index contributed by atoms with van der Waals surface area (Å²) in [5, 5.41) is 9.30. The van der Waals surface area contributed by atoms with E-state index in [2.05, 4.69) is 9.71 Å². The predicted octanol–water partition coefficient (Wildman–Crippen LogP) is 2.08. The summed E-state index contributed by atoms with van der Waals surface area (Å²) in [5.41, 5.74) is 2.09. The van der Waals surface area contributed by atoms with Crippen LogP contribution in [0.3, 0.4) is 0 Å². The maximum atomic E-state index is 12.0. The zero-order chi connectivity index (χ0) is 14.6. The van der Waals surface area contributed by atoms with Crippen molar-refractivity contribution in [1.29, 1.82) is 0 Å². The molecular formula is C14H16N2O3S. The van der Waals surface area contributed by atoms with Crippen LogP contribution in [0.5, 0.6) is 5.75 Å². The number of aromatic hydroxyl groups is 1. The standard InChI is InChI=1S/C14H16N2O3S/c1-11-10-13(17)2-3-14(11)16-20(18,19)9-6-12-4-7-15-8-5-12/h2-5,7-8,10,16-17H,6,9H2,1H3. The van der Waals surface area contributed by atoms with Crippen molar-refractivity contribution in [3.8, 4) is 5.75 Å². The number of aryl methyl sites for hydroxylation is 2. The van der Waals surface area contributed by atoms with Gasteiger partial charge in [0.15, 0.2) is 0 Å². The fraction of sp³-hybridized carbons (Fsp3) is 0.214. The first-order valence-corrected chi connectivity index (χ1v) is 7.80. The molecule has 1 aromatic heterocycles. The van der Waals surface area contributed by atoms with Gasteiger partial charge >= 0.3 is 0 Å². The molecule has 2 N–H and O–H groups in total. The Bertz CT molecular complexity index is 685. The topological polar surface area (TPSA) is 79.3 Å². The summed E-state index contributed by atoms with van der Waals surface area (Å²) in [5.74, 6) is 0.111. The highest BCUT2D eigenvalue weighted by Gasteiger charge is 2.12. The predicted molar refractivity (Wildman–Crippen MR) is 78.2 cm³/mol. The van der Waals surface area contributed by atoms with Gasteiger partial charge in [0.2, 0.25) is 10.0 Å². The van der Waals surface area contributed by atoms with E-state index in [4.69, 9.17) is 0 Å². The monoisotopic (exact) mass is 292 g/mol. The molecule has 106 valence electrons. The number of nitrogens with one attached hydrogen (secondary N) is 1. The van der Waals surface area contributed by atoms with Gasteiger partial charge < -0.3 is 5.11 Å². The van der Waals surface area contributed by atoms with E-state index in [-0.39, 0.29) is 11.5 Å². The van der Waals surface area contributed by atoms with Crippen LogP contribution in [0, 0.1) is 6.92 Å². The van der Waals surface area contributed by atoms with Crippen molar-refractivity contribution in [1.82, 2.24) is 4.98 Å². The molecule has 0 atom stereocenters. The molecule has 6 heteroatoms. The van der Waals surface area contributed by atoms with Crippen LogP contribution in [0.15, 0.2) is 42.7 Å². The zero-order valence-electron chi connectivity index (χ0n) is 11.1. The van der Waals surface area contributed by atoms with Crippen molar-refractivity contribution < 1.29 is 13.5 Å². The van der Waals surface area contributed by atoms with Crippen LogP contribution in [0.2, 0.25) is 0 Å². The molecule has 5 nitrogen and oxygen atoms in total. The van der Waals surface area contributed by atoms with Crippen LogP contribution in [0.25, 0.3) is 0 Å². The van der Waals surface area contributed by atoms with E-state index in [9.17, 15) is 13.5 Å². The maximum absolute atomic E-state index is 12.0. The molecule has 20 heavy (non-hydrogen) atoms. The van der Waals surface area contributed by atoms with E-state index in [0.717, 1.165) is 5.56 Å². The summed E-state index contributed by atoms with van der Waals surface area (Å²) in [6.45, 7) is 1.74. The van der Waals surface area contributed by atoms with Crippen LogP contribution in [0.1, 0.15) is 11.1 Å². The van der Waals surface area contributed by atoms with Crippen LogP contribution in [-0.4, -0.2) is 24.3 Å². The van der Waals surface area contributed by atoms with Gasteiger partial charge in [-0.05, 0) is 54.8 Å². The lowest BCUT2D eigenvalue weighted by Gasteiger charge is -2.10. The lowest BCUT2D eigenvalue weighted by molar-refractivity contribution is 0.475. The lowest BCUT2D eigenvalue weighted by atomic mass is 10.2. The van der Waals surface area contributed by atoms with Gasteiger partial charge in [0.1, 0.15) is 5.75 Å². The number of rotatable bonds is 5. The summed E-state index contributed by atoms with van der Waals surface area (Å²) in [4.78, 5) is 3.89. The third-order valence-electron chi connectivity index (χ3n) is 2.88. The Balaban J connectivity index is 2.04. The number of nitrogens with zero attached hydrogens (tertiary/aromatic N) is 1. The third kappa shape index (κ3) is 3.96. The van der Waals surface area contributed by atoms with E-state index in [0.29, 0.717) is 17.7 Å². The van der Waals surface area contributed by atoms with Gasteiger partial charge in [-0.2, -0.15) is 0 Å². The molecule has 0 bridgehead atoms. The number of sulfonamides is 1. The number of phenolic OH excluding ortho intramolecular Hbond substituents is 1. The Morgan fingerprint density at radius 2 is 1.90 bits per heavy atom. The average molecular weight is 292 g/mol. The fourth-order valence-electron chi connectivity index (χ4n) is 1.78. The number of aromatic nitrogens is 1. The Labute approximate surface area is 118 Å². The van der Waals surface area contributed by atoms with Crippen LogP contribution >= 0.6 is 0 Å². The Morgan fingerprint density at radius 3 is 2.55 bits per heavy atom. The number of benzene rings is 1. The highest BCUT2D eigenvalue weighted by Crippen LogP contribution is 2.21. The van der Waals surface area contributed by atoms with E-state index >= 15 is 0 Å². The Hall–Kier alpha value is -2.08. The molecule has 1 aromatic carbocycles. The van der Waals surface area contributed by atoms with E-state index in [1.807, 2.05) is 0 Å². The second-order valence-electron chi connectivity index (χ2n) is 4.53. The first-order valence-electron chi connectivity index (χ1n) is 6.15. The molecule has 0 fully saturated rings. The number of phenols is 1. The van der Waals surface area contributed by atoms with Crippen molar-refractivity contribution >= 4 is 15.7 Å². The first kappa shape index (κ1) is 14.3. The molecule has 0 radical (unpaired) electrons. The average Bonchev–Trinajstić information content (AvgIpc) is 2.41. The summed E-state index contributed by atoms with van der Waals surface area (Å²) < 4.78 is 26.6. The van der Waals surface area contributed by atoms with Crippen molar-refractivity contribution in [2.24, 2.45) is 0 Å². The number of anilines is 1. The largest absolute Gasteiger partial charge is 0.508 e. The molecule has 0 amide bonds. The summed E-state index contributed by atoms with van der Waals surface area (Å²) >= 11 is 0. The van der Waals surface area contributed by atoms with Crippen molar-refractivity contribution in [2.45, 2.75) is 13.3 Å². The van der Waals surface area contributed by atoms with Gasteiger partial charge in [0.25, 0.3) is 0 Å². The third-order valence-corrected chi connectivity index (χ3v) is 4.16. The van der Waals surface area contributed by atoms with Gasteiger partial charge in [-0.3, -0.25) is 9.71 Å². The van der Waals surface area contributed by atoms with Crippen molar-refractivity contribution in [3.05, 3.63) is 53.9 Å². The van der Waals surface area contributed by atoms with Gasteiger partial charge in [-0.15, -0.1) is 0 Å². The van der Waals surface area contributed by atoms with E-state index in [1.165, 1.54) is 12.1 Å².